The highest BCUT2D eigenvalue weighted by molar-refractivity contribution is 7.91. The molecule has 0 aromatic heterocycles. The number of rotatable bonds is 5. The molecular formula is C16H19NO2S. The van der Waals surface area contributed by atoms with E-state index in [-0.39, 0.29) is 5.75 Å². The minimum Gasteiger partial charge on any atom is -0.398 e. The molecule has 0 atom stereocenters. The number of hydrogen-bond acceptors (Lipinski definition) is 3. The first-order chi connectivity index (χ1) is 9.50. The van der Waals surface area contributed by atoms with Gasteiger partial charge in [-0.1, -0.05) is 36.4 Å². The van der Waals surface area contributed by atoms with Gasteiger partial charge in [0.15, 0.2) is 9.84 Å². The van der Waals surface area contributed by atoms with Gasteiger partial charge in [-0.15, -0.1) is 0 Å². The first-order valence-electron chi connectivity index (χ1n) is 6.62. The lowest BCUT2D eigenvalue weighted by atomic mass is 10.1. The Balaban J connectivity index is 2.06. The highest BCUT2D eigenvalue weighted by atomic mass is 32.2. The van der Waals surface area contributed by atoms with Crippen LogP contribution in [0.3, 0.4) is 0 Å². The van der Waals surface area contributed by atoms with Gasteiger partial charge in [-0.3, -0.25) is 0 Å². The summed E-state index contributed by atoms with van der Waals surface area (Å²) in [6.07, 6.45) is 1.38. The molecule has 0 saturated carbocycles. The molecule has 0 bridgehead atoms. The van der Waals surface area contributed by atoms with Gasteiger partial charge in [-0.25, -0.2) is 8.42 Å². The Labute approximate surface area is 120 Å². The zero-order valence-electron chi connectivity index (χ0n) is 11.5. The molecule has 0 aliphatic heterocycles. The van der Waals surface area contributed by atoms with Crippen LogP contribution in [0.1, 0.15) is 17.5 Å². The molecule has 2 aromatic carbocycles. The fraction of sp³-hybridized carbons (Fsp3) is 0.250. The number of aryl methyl sites for hydroxylation is 1. The predicted molar refractivity (Wildman–Crippen MR) is 82.4 cm³/mol. The van der Waals surface area contributed by atoms with E-state index in [0.29, 0.717) is 22.6 Å². The van der Waals surface area contributed by atoms with E-state index in [0.717, 1.165) is 12.0 Å². The summed E-state index contributed by atoms with van der Waals surface area (Å²) in [6.45, 7) is 1.75. The molecule has 106 valence electrons. The second-order valence-electron chi connectivity index (χ2n) is 4.88. The van der Waals surface area contributed by atoms with Gasteiger partial charge in [-0.05, 0) is 43.0 Å². The fourth-order valence-corrected chi connectivity index (χ4v) is 3.80. The van der Waals surface area contributed by atoms with E-state index in [4.69, 9.17) is 5.73 Å². The van der Waals surface area contributed by atoms with E-state index in [1.807, 2.05) is 30.3 Å². The van der Waals surface area contributed by atoms with Gasteiger partial charge < -0.3 is 5.73 Å². The zero-order chi connectivity index (χ0) is 14.6. The van der Waals surface area contributed by atoms with E-state index < -0.39 is 9.84 Å². The van der Waals surface area contributed by atoms with Crippen LogP contribution < -0.4 is 5.73 Å². The maximum absolute atomic E-state index is 12.3. The lowest BCUT2D eigenvalue weighted by Gasteiger charge is -2.09. The van der Waals surface area contributed by atoms with Gasteiger partial charge in [0.25, 0.3) is 0 Å². The molecule has 3 nitrogen and oxygen atoms in total. The Morgan fingerprint density at radius 2 is 1.70 bits per heavy atom. The standard InChI is InChI=1S/C16H19NO2S/c1-13-15(17)10-5-11-16(13)20(18,19)12-6-9-14-7-3-2-4-8-14/h2-5,7-8,10-11H,6,9,12,17H2,1H3. The molecule has 0 aliphatic carbocycles. The summed E-state index contributed by atoms with van der Waals surface area (Å²) >= 11 is 0. The summed E-state index contributed by atoms with van der Waals surface area (Å²) < 4.78 is 24.7. The van der Waals surface area contributed by atoms with Crippen molar-refractivity contribution in [3.63, 3.8) is 0 Å². The first kappa shape index (κ1) is 14.6. The Bertz CT molecular complexity index is 679. The molecule has 0 spiro atoms. The summed E-state index contributed by atoms with van der Waals surface area (Å²) in [5, 5.41) is 0. The van der Waals surface area contributed by atoms with Crippen molar-refractivity contribution < 1.29 is 8.42 Å². The first-order valence-corrected chi connectivity index (χ1v) is 8.28. The van der Waals surface area contributed by atoms with Crippen LogP contribution in [0.15, 0.2) is 53.4 Å². The molecule has 2 aromatic rings. The van der Waals surface area contributed by atoms with E-state index >= 15 is 0 Å². The van der Waals surface area contributed by atoms with Gasteiger partial charge >= 0.3 is 0 Å². The lowest BCUT2D eigenvalue weighted by molar-refractivity contribution is 0.592. The number of nitrogen functional groups attached to an aromatic ring is 1. The third-order valence-electron chi connectivity index (χ3n) is 3.38. The summed E-state index contributed by atoms with van der Waals surface area (Å²) in [5.74, 6) is 0.145. The van der Waals surface area contributed by atoms with Gasteiger partial charge in [-0.2, -0.15) is 0 Å². The van der Waals surface area contributed by atoms with E-state index in [1.54, 1.807) is 25.1 Å². The number of anilines is 1. The number of nitrogens with two attached hydrogens (primary N) is 1. The molecular weight excluding hydrogens is 270 g/mol. The van der Waals surface area contributed by atoms with Crippen molar-refractivity contribution in [1.29, 1.82) is 0 Å². The maximum atomic E-state index is 12.3. The number of hydrogen-bond donors (Lipinski definition) is 1. The molecule has 0 heterocycles. The fourth-order valence-electron chi connectivity index (χ4n) is 2.19. The molecule has 0 saturated heterocycles. The van der Waals surface area contributed by atoms with Crippen LogP contribution in [0.4, 0.5) is 5.69 Å². The summed E-state index contributed by atoms with van der Waals surface area (Å²) in [4.78, 5) is 0.352. The van der Waals surface area contributed by atoms with Crippen molar-refractivity contribution in [2.45, 2.75) is 24.7 Å². The Morgan fingerprint density at radius 1 is 1.00 bits per heavy atom. The van der Waals surface area contributed by atoms with Gasteiger partial charge in [0, 0.05) is 5.69 Å². The monoisotopic (exact) mass is 289 g/mol. The van der Waals surface area contributed by atoms with E-state index in [1.165, 1.54) is 0 Å². The van der Waals surface area contributed by atoms with Gasteiger partial charge in [0.05, 0.1) is 10.6 Å². The van der Waals surface area contributed by atoms with E-state index in [9.17, 15) is 8.42 Å². The molecule has 2 N–H and O–H groups in total. The average Bonchev–Trinajstić information content (AvgIpc) is 2.42. The van der Waals surface area contributed by atoms with Crippen molar-refractivity contribution in [2.24, 2.45) is 0 Å². The van der Waals surface area contributed by atoms with Crippen molar-refractivity contribution in [3.05, 3.63) is 59.7 Å². The van der Waals surface area contributed by atoms with Crippen molar-refractivity contribution in [1.82, 2.24) is 0 Å². The van der Waals surface area contributed by atoms with Crippen LogP contribution in [0, 0.1) is 6.92 Å². The molecule has 2 rings (SSSR count). The Kier molecular flexibility index (Phi) is 4.45. The largest absolute Gasteiger partial charge is 0.398 e. The zero-order valence-corrected chi connectivity index (χ0v) is 12.4. The Morgan fingerprint density at radius 3 is 2.40 bits per heavy atom. The van der Waals surface area contributed by atoms with E-state index in [2.05, 4.69) is 0 Å². The lowest BCUT2D eigenvalue weighted by Crippen LogP contribution is -2.10. The van der Waals surface area contributed by atoms with Crippen molar-refractivity contribution in [3.8, 4) is 0 Å². The normalized spacial score (nSPS) is 11.4. The van der Waals surface area contributed by atoms with Crippen LogP contribution in [0.2, 0.25) is 0 Å². The minimum atomic E-state index is -3.26. The molecule has 0 aliphatic rings. The maximum Gasteiger partial charge on any atom is 0.178 e. The Hall–Kier alpha value is -1.81. The summed E-state index contributed by atoms with van der Waals surface area (Å²) in [5.41, 5.74) is 8.10. The quantitative estimate of drug-likeness (QED) is 0.861. The predicted octanol–water partition coefficient (Wildman–Crippen LogP) is 2.98. The third kappa shape index (κ3) is 3.39. The topological polar surface area (TPSA) is 60.2 Å². The molecule has 4 heteroatoms. The van der Waals surface area contributed by atoms with Gasteiger partial charge in [0.2, 0.25) is 0 Å². The number of sulfone groups is 1. The highest BCUT2D eigenvalue weighted by Crippen LogP contribution is 2.22. The number of benzene rings is 2. The molecule has 20 heavy (non-hydrogen) atoms. The average molecular weight is 289 g/mol. The molecule has 0 radical (unpaired) electrons. The second kappa shape index (κ2) is 6.09. The van der Waals surface area contributed by atoms with Crippen molar-refractivity contribution >= 4 is 15.5 Å². The van der Waals surface area contributed by atoms with Crippen LogP contribution in [0.25, 0.3) is 0 Å². The van der Waals surface area contributed by atoms with Crippen LogP contribution in [-0.4, -0.2) is 14.2 Å². The molecule has 0 unspecified atom stereocenters. The smallest absolute Gasteiger partial charge is 0.178 e. The summed E-state index contributed by atoms with van der Waals surface area (Å²) in [7, 11) is -3.26. The minimum absolute atomic E-state index is 0.145. The van der Waals surface area contributed by atoms with Crippen LogP contribution in [0.5, 0.6) is 0 Å². The molecule has 0 fully saturated rings. The van der Waals surface area contributed by atoms with Crippen molar-refractivity contribution in [2.75, 3.05) is 11.5 Å². The molecule has 0 amide bonds. The SMILES string of the molecule is Cc1c(N)cccc1S(=O)(=O)CCCc1ccccc1. The third-order valence-corrected chi connectivity index (χ3v) is 5.32. The second-order valence-corrected chi connectivity index (χ2v) is 6.96. The summed E-state index contributed by atoms with van der Waals surface area (Å²) in [6, 6.07) is 14.9. The van der Waals surface area contributed by atoms with Crippen LogP contribution in [-0.2, 0) is 16.3 Å². The van der Waals surface area contributed by atoms with Crippen LogP contribution >= 0.6 is 0 Å². The van der Waals surface area contributed by atoms with Gasteiger partial charge in [0.1, 0.15) is 0 Å². The highest BCUT2D eigenvalue weighted by Gasteiger charge is 2.17.